The monoisotopic (exact) mass is 297 g/mol. The van der Waals surface area contributed by atoms with Crippen molar-refractivity contribution in [1.82, 2.24) is 24.7 Å². The Morgan fingerprint density at radius 3 is 2.73 bits per heavy atom. The first-order valence-corrected chi connectivity index (χ1v) is 6.68. The molecule has 0 spiro atoms. The van der Waals surface area contributed by atoms with Crippen LogP contribution in [0, 0.1) is 0 Å². The van der Waals surface area contributed by atoms with Crippen LogP contribution in [0.2, 0.25) is 0 Å². The van der Waals surface area contributed by atoms with E-state index in [0.717, 1.165) is 11.1 Å². The Morgan fingerprint density at radius 2 is 2.00 bits per heavy atom. The van der Waals surface area contributed by atoms with Crippen molar-refractivity contribution in [2.75, 3.05) is 21.2 Å². The van der Waals surface area contributed by atoms with E-state index in [2.05, 4.69) is 15.3 Å². The number of hydrogen-bond acceptors (Lipinski definition) is 5. The summed E-state index contributed by atoms with van der Waals surface area (Å²) in [6.45, 7) is 0. The first-order chi connectivity index (χ1) is 10.6. The third kappa shape index (κ3) is 2.26. The molecule has 0 bridgehead atoms. The van der Waals surface area contributed by atoms with Crippen molar-refractivity contribution in [1.29, 1.82) is 0 Å². The Bertz CT molecular complexity index is 841. The number of para-hydroxylation sites is 1. The molecular formula is C15H15N5O2. The number of ether oxygens (including phenoxy) is 1. The number of aromatic nitrogens is 4. The molecule has 0 aliphatic carbocycles. The molecule has 3 aromatic rings. The zero-order valence-corrected chi connectivity index (χ0v) is 12.5. The minimum Gasteiger partial charge on any atom is -0.496 e. The van der Waals surface area contributed by atoms with Crippen LogP contribution in [0.15, 0.2) is 36.7 Å². The lowest BCUT2D eigenvalue weighted by Crippen LogP contribution is -2.23. The second-order valence-electron chi connectivity index (χ2n) is 4.94. The number of amides is 1. The molecule has 112 valence electrons. The molecule has 1 amide bonds. The van der Waals surface area contributed by atoms with Crippen molar-refractivity contribution >= 4 is 11.6 Å². The number of benzene rings is 1. The number of hydrogen-bond donors (Lipinski definition) is 0. The average molecular weight is 297 g/mol. The molecule has 7 heteroatoms. The molecule has 0 fully saturated rings. The van der Waals surface area contributed by atoms with Gasteiger partial charge in [-0.3, -0.25) is 4.79 Å². The van der Waals surface area contributed by atoms with Crippen molar-refractivity contribution < 1.29 is 9.53 Å². The number of carbonyl (C=O) groups is 1. The van der Waals surface area contributed by atoms with Crippen LogP contribution in [0.1, 0.15) is 10.5 Å². The summed E-state index contributed by atoms with van der Waals surface area (Å²) in [5.74, 6) is 0.508. The zero-order valence-electron chi connectivity index (χ0n) is 12.5. The first kappa shape index (κ1) is 14.0. The van der Waals surface area contributed by atoms with E-state index in [1.165, 1.54) is 15.7 Å². The Morgan fingerprint density at radius 1 is 1.23 bits per heavy atom. The van der Waals surface area contributed by atoms with Crippen LogP contribution in [-0.4, -0.2) is 51.8 Å². The molecule has 0 aliphatic rings. The van der Waals surface area contributed by atoms with Gasteiger partial charge in [-0.1, -0.05) is 18.2 Å². The van der Waals surface area contributed by atoms with Crippen molar-refractivity contribution in [3.05, 3.63) is 42.4 Å². The molecule has 0 saturated carbocycles. The molecule has 0 unspecified atom stereocenters. The Labute approximate surface area is 127 Å². The Kier molecular flexibility index (Phi) is 3.46. The van der Waals surface area contributed by atoms with Gasteiger partial charge in [0.2, 0.25) is 0 Å². The summed E-state index contributed by atoms with van der Waals surface area (Å²) in [4.78, 5) is 13.7. The minimum atomic E-state index is -0.188. The molecule has 22 heavy (non-hydrogen) atoms. The van der Waals surface area contributed by atoms with Crippen molar-refractivity contribution in [3.63, 3.8) is 0 Å². The zero-order chi connectivity index (χ0) is 15.7. The van der Waals surface area contributed by atoms with Gasteiger partial charge in [0.25, 0.3) is 5.91 Å². The van der Waals surface area contributed by atoms with E-state index in [-0.39, 0.29) is 5.91 Å². The highest BCUT2D eigenvalue weighted by Gasteiger charge is 2.18. The molecule has 2 heterocycles. The van der Waals surface area contributed by atoms with Crippen molar-refractivity contribution in [3.8, 4) is 16.9 Å². The predicted octanol–water partition coefficient (Wildman–Crippen LogP) is 1.50. The second kappa shape index (κ2) is 5.44. The summed E-state index contributed by atoms with van der Waals surface area (Å²) in [6.07, 6.45) is 1.47. The summed E-state index contributed by atoms with van der Waals surface area (Å²) >= 11 is 0. The minimum absolute atomic E-state index is 0.188. The van der Waals surface area contributed by atoms with Crippen LogP contribution in [0.4, 0.5) is 0 Å². The van der Waals surface area contributed by atoms with Gasteiger partial charge in [-0.25, -0.2) is 0 Å². The third-order valence-corrected chi connectivity index (χ3v) is 3.29. The largest absolute Gasteiger partial charge is 0.496 e. The van der Waals surface area contributed by atoms with Crippen LogP contribution < -0.4 is 4.74 Å². The number of methoxy groups -OCH3 is 1. The van der Waals surface area contributed by atoms with Gasteiger partial charge in [-0.2, -0.15) is 9.61 Å². The van der Waals surface area contributed by atoms with Crippen molar-refractivity contribution in [2.45, 2.75) is 0 Å². The Balaban J connectivity index is 2.28. The number of fused-ring (bicyclic) bond motifs is 1. The summed E-state index contributed by atoms with van der Waals surface area (Å²) in [7, 11) is 4.97. The van der Waals surface area contributed by atoms with E-state index in [1.807, 2.05) is 24.3 Å². The first-order valence-electron chi connectivity index (χ1n) is 6.68. The second-order valence-corrected chi connectivity index (χ2v) is 4.94. The number of rotatable bonds is 3. The van der Waals surface area contributed by atoms with E-state index in [1.54, 1.807) is 27.3 Å². The molecule has 0 radical (unpaired) electrons. The van der Waals surface area contributed by atoms with E-state index >= 15 is 0 Å². The maximum absolute atomic E-state index is 12.2. The van der Waals surface area contributed by atoms with E-state index < -0.39 is 0 Å². The Hall–Kier alpha value is -2.96. The molecule has 0 atom stereocenters. The molecule has 0 saturated heterocycles. The highest BCUT2D eigenvalue weighted by molar-refractivity contribution is 5.94. The van der Waals surface area contributed by atoms with Gasteiger partial charge in [0.05, 0.1) is 7.11 Å². The topological polar surface area (TPSA) is 72.6 Å². The third-order valence-electron chi connectivity index (χ3n) is 3.29. The van der Waals surface area contributed by atoms with Gasteiger partial charge in [0.1, 0.15) is 17.8 Å². The van der Waals surface area contributed by atoms with Gasteiger partial charge in [-0.05, 0) is 12.1 Å². The number of carbonyl (C=O) groups excluding carboxylic acids is 1. The predicted molar refractivity (Wildman–Crippen MR) is 80.8 cm³/mol. The molecule has 0 N–H and O–H groups in total. The summed E-state index contributed by atoms with van der Waals surface area (Å²) in [5.41, 5.74) is 2.46. The van der Waals surface area contributed by atoms with E-state index in [0.29, 0.717) is 17.1 Å². The molecule has 7 nitrogen and oxygen atoms in total. The van der Waals surface area contributed by atoms with E-state index in [9.17, 15) is 4.79 Å². The van der Waals surface area contributed by atoms with Crippen LogP contribution in [-0.2, 0) is 0 Å². The number of nitrogens with zero attached hydrogens (tertiary/aromatic N) is 5. The van der Waals surface area contributed by atoms with Crippen LogP contribution in [0.25, 0.3) is 16.8 Å². The van der Waals surface area contributed by atoms with Crippen molar-refractivity contribution in [2.24, 2.45) is 0 Å². The normalized spacial score (nSPS) is 10.7. The average Bonchev–Trinajstić information content (AvgIpc) is 3.01. The van der Waals surface area contributed by atoms with Crippen LogP contribution in [0.3, 0.4) is 0 Å². The van der Waals surface area contributed by atoms with Gasteiger partial charge < -0.3 is 9.64 Å². The fourth-order valence-electron chi connectivity index (χ4n) is 2.23. The molecular weight excluding hydrogens is 282 g/mol. The lowest BCUT2D eigenvalue weighted by Gasteiger charge is -2.12. The lowest BCUT2D eigenvalue weighted by molar-refractivity contribution is 0.0820. The smallest absolute Gasteiger partial charge is 0.273 e. The van der Waals surface area contributed by atoms with Crippen LogP contribution >= 0.6 is 0 Å². The fourth-order valence-corrected chi connectivity index (χ4v) is 2.23. The lowest BCUT2D eigenvalue weighted by atomic mass is 10.1. The SMILES string of the molecule is COc1ccccc1-c1cc(C(=O)N(C)C)nn2cnnc12. The highest BCUT2D eigenvalue weighted by atomic mass is 16.5. The van der Waals surface area contributed by atoms with E-state index in [4.69, 9.17) is 4.74 Å². The highest BCUT2D eigenvalue weighted by Crippen LogP contribution is 2.32. The van der Waals surface area contributed by atoms with Gasteiger partial charge >= 0.3 is 0 Å². The standard InChI is InChI=1S/C15H15N5O2/c1-19(2)15(21)12-8-11(14-17-16-9-20(14)18-12)10-6-4-5-7-13(10)22-3/h4-9H,1-3H3. The summed E-state index contributed by atoms with van der Waals surface area (Å²) < 4.78 is 6.90. The quantitative estimate of drug-likeness (QED) is 0.732. The van der Waals surface area contributed by atoms with Gasteiger partial charge in [0.15, 0.2) is 5.65 Å². The fraction of sp³-hybridized carbons (Fsp3) is 0.200. The molecule has 3 rings (SSSR count). The molecule has 2 aromatic heterocycles. The van der Waals surface area contributed by atoms with Gasteiger partial charge in [-0.15, -0.1) is 10.2 Å². The maximum atomic E-state index is 12.2. The maximum Gasteiger partial charge on any atom is 0.273 e. The summed E-state index contributed by atoms with van der Waals surface area (Å²) in [6, 6.07) is 9.27. The van der Waals surface area contributed by atoms with Crippen LogP contribution in [0.5, 0.6) is 5.75 Å². The van der Waals surface area contributed by atoms with Gasteiger partial charge in [0, 0.05) is 25.2 Å². The molecule has 0 aliphatic heterocycles. The summed E-state index contributed by atoms with van der Waals surface area (Å²) in [5, 5.41) is 12.2. The molecule has 1 aromatic carbocycles.